The molecule has 0 heterocycles. The SMILES string of the molecule is C=C(C/C(=C\c1ccc(OC(=O)c2ccccc2)cc1)C(=O)c1ccccc1)C(=O)c1ccccc1. The highest BCUT2D eigenvalue weighted by Gasteiger charge is 2.18. The van der Waals surface area contributed by atoms with Crippen molar-refractivity contribution in [3.63, 3.8) is 0 Å². The Morgan fingerprint density at radius 3 is 1.61 bits per heavy atom. The maximum Gasteiger partial charge on any atom is 0.343 e. The van der Waals surface area contributed by atoms with Gasteiger partial charge in [-0.3, -0.25) is 9.59 Å². The second-order valence-corrected chi connectivity index (χ2v) is 8.16. The van der Waals surface area contributed by atoms with Gasteiger partial charge in [0.25, 0.3) is 0 Å². The number of benzene rings is 4. The minimum Gasteiger partial charge on any atom is -0.423 e. The minimum atomic E-state index is -0.449. The van der Waals surface area contributed by atoms with Crippen molar-refractivity contribution in [3.8, 4) is 5.75 Å². The van der Waals surface area contributed by atoms with Crippen LogP contribution in [0.15, 0.2) is 133 Å². The lowest BCUT2D eigenvalue weighted by atomic mass is 9.92. The van der Waals surface area contributed by atoms with Crippen LogP contribution in [0, 0.1) is 0 Å². The van der Waals surface area contributed by atoms with E-state index in [4.69, 9.17) is 4.74 Å². The molecule has 0 aromatic heterocycles. The van der Waals surface area contributed by atoms with Crippen LogP contribution in [0.4, 0.5) is 0 Å². The molecule has 4 rings (SSSR count). The average Bonchev–Trinajstić information content (AvgIpc) is 2.94. The highest BCUT2D eigenvalue weighted by Crippen LogP contribution is 2.23. The van der Waals surface area contributed by atoms with Gasteiger partial charge in [-0.2, -0.15) is 0 Å². The molecule has 0 aliphatic heterocycles. The van der Waals surface area contributed by atoms with Crippen LogP contribution in [-0.2, 0) is 0 Å². The Morgan fingerprint density at radius 2 is 1.08 bits per heavy atom. The van der Waals surface area contributed by atoms with Crippen LogP contribution < -0.4 is 4.74 Å². The molecule has 0 atom stereocenters. The van der Waals surface area contributed by atoms with Gasteiger partial charge in [-0.1, -0.05) is 97.6 Å². The topological polar surface area (TPSA) is 60.4 Å². The Bertz CT molecular complexity index is 1400. The van der Waals surface area contributed by atoms with Crippen molar-refractivity contribution < 1.29 is 19.1 Å². The summed E-state index contributed by atoms with van der Waals surface area (Å²) in [6.07, 6.45) is 1.84. The molecule has 36 heavy (non-hydrogen) atoms. The Labute approximate surface area is 210 Å². The maximum absolute atomic E-state index is 13.3. The van der Waals surface area contributed by atoms with E-state index in [9.17, 15) is 14.4 Å². The van der Waals surface area contributed by atoms with Crippen molar-refractivity contribution in [1.29, 1.82) is 0 Å². The summed E-state index contributed by atoms with van der Waals surface area (Å²) in [5.74, 6) is -0.446. The third kappa shape index (κ3) is 6.19. The molecule has 0 saturated carbocycles. The fourth-order valence-corrected chi connectivity index (χ4v) is 3.65. The molecule has 0 aliphatic rings. The molecule has 176 valence electrons. The summed E-state index contributed by atoms with van der Waals surface area (Å²) in [5, 5.41) is 0. The Balaban J connectivity index is 1.57. The van der Waals surface area contributed by atoms with E-state index in [0.29, 0.717) is 33.6 Å². The zero-order chi connectivity index (χ0) is 25.3. The number of allylic oxidation sites excluding steroid dienone is 2. The van der Waals surface area contributed by atoms with Gasteiger partial charge in [0, 0.05) is 23.1 Å². The summed E-state index contributed by atoms with van der Waals surface area (Å²) in [5.41, 5.74) is 3.00. The van der Waals surface area contributed by atoms with E-state index in [1.807, 2.05) is 18.2 Å². The van der Waals surface area contributed by atoms with E-state index < -0.39 is 5.97 Å². The van der Waals surface area contributed by atoms with Crippen LogP contribution in [0.1, 0.15) is 43.1 Å². The van der Waals surface area contributed by atoms with Crippen LogP contribution in [0.25, 0.3) is 6.08 Å². The molecule has 0 fully saturated rings. The van der Waals surface area contributed by atoms with Crippen molar-refractivity contribution in [2.45, 2.75) is 6.42 Å². The van der Waals surface area contributed by atoms with Crippen LogP contribution in [0.3, 0.4) is 0 Å². The van der Waals surface area contributed by atoms with E-state index in [0.717, 1.165) is 5.56 Å². The number of esters is 1. The number of carbonyl (C=O) groups excluding carboxylic acids is 3. The number of rotatable bonds is 9. The number of hydrogen-bond acceptors (Lipinski definition) is 4. The second kappa shape index (κ2) is 11.5. The number of ketones is 2. The summed E-state index contributed by atoms with van der Waals surface area (Å²) in [6, 6.07) is 33.4. The van der Waals surface area contributed by atoms with Crippen molar-refractivity contribution in [2.75, 3.05) is 0 Å². The minimum absolute atomic E-state index is 0.103. The highest BCUT2D eigenvalue weighted by molar-refractivity contribution is 6.14. The zero-order valence-electron chi connectivity index (χ0n) is 19.6. The first-order valence-corrected chi connectivity index (χ1v) is 11.5. The molecule has 0 aliphatic carbocycles. The summed E-state index contributed by atoms with van der Waals surface area (Å²) in [4.78, 5) is 38.5. The standard InChI is InChI=1S/C32H24O4/c1-23(30(33)25-11-5-2-6-12-25)21-28(31(34)26-13-7-3-8-14-26)22-24-17-19-29(20-18-24)36-32(35)27-15-9-4-10-16-27/h2-20,22H,1,21H2/b28-22+. The zero-order valence-corrected chi connectivity index (χ0v) is 19.6. The Kier molecular flexibility index (Phi) is 7.79. The van der Waals surface area contributed by atoms with Gasteiger partial charge >= 0.3 is 5.97 Å². The maximum atomic E-state index is 13.3. The summed E-state index contributed by atoms with van der Waals surface area (Å²) in [6.45, 7) is 3.96. The molecule has 4 nitrogen and oxygen atoms in total. The lowest BCUT2D eigenvalue weighted by molar-refractivity contribution is 0.0734. The van der Waals surface area contributed by atoms with Crippen LogP contribution in [0.5, 0.6) is 5.75 Å². The van der Waals surface area contributed by atoms with Crippen molar-refractivity contribution in [1.82, 2.24) is 0 Å². The highest BCUT2D eigenvalue weighted by atomic mass is 16.5. The molecular weight excluding hydrogens is 448 g/mol. The van der Waals surface area contributed by atoms with Gasteiger partial charge in [0.2, 0.25) is 0 Å². The van der Waals surface area contributed by atoms with Crippen molar-refractivity contribution in [3.05, 3.63) is 155 Å². The first kappa shape index (κ1) is 24.3. The molecule has 4 aromatic rings. The van der Waals surface area contributed by atoms with Gasteiger partial charge in [-0.15, -0.1) is 0 Å². The number of Topliss-reactive ketones (excluding diaryl/α,β-unsaturated/α-hetero) is 2. The second-order valence-electron chi connectivity index (χ2n) is 8.16. The van der Waals surface area contributed by atoms with E-state index in [1.165, 1.54) is 0 Å². The molecular formula is C32H24O4. The van der Waals surface area contributed by atoms with Gasteiger partial charge < -0.3 is 4.74 Å². The van der Waals surface area contributed by atoms with Crippen molar-refractivity contribution in [2.24, 2.45) is 0 Å². The lowest BCUT2D eigenvalue weighted by Gasteiger charge is -2.10. The van der Waals surface area contributed by atoms with Gasteiger partial charge in [0.15, 0.2) is 11.6 Å². The molecule has 0 amide bonds. The van der Waals surface area contributed by atoms with E-state index >= 15 is 0 Å². The first-order valence-electron chi connectivity index (χ1n) is 11.5. The number of ether oxygens (including phenoxy) is 1. The Morgan fingerprint density at radius 1 is 0.611 bits per heavy atom. The molecule has 4 heteroatoms. The fraction of sp³-hybridized carbons (Fsp3) is 0.0312. The monoisotopic (exact) mass is 472 g/mol. The lowest BCUT2D eigenvalue weighted by Crippen LogP contribution is -2.09. The van der Waals surface area contributed by atoms with E-state index in [2.05, 4.69) is 6.58 Å². The Hall–Kier alpha value is -4.83. The van der Waals surface area contributed by atoms with Crippen LogP contribution in [-0.4, -0.2) is 17.5 Å². The summed E-state index contributed by atoms with van der Waals surface area (Å²) < 4.78 is 5.44. The predicted octanol–water partition coefficient (Wildman–Crippen LogP) is 7.00. The quantitative estimate of drug-likeness (QED) is 0.114. The summed E-state index contributed by atoms with van der Waals surface area (Å²) in [7, 11) is 0. The summed E-state index contributed by atoms with van der Waals surface area (Å²) >= 11 is 0. The molecule has 0 unspecified atom stereocenters. The smallest absolute Gasteiger partial charge is 0.343 e. The van der Waals surface area contributed by atoms with Gasteiger partial charge in [0.05, 0.1) is 5.56 Å². The normalized spacial score (nSPS) is 10.9. The molecule has 0 saturated heterocycles. The van der Waals surface area contributed by atoms with E-state index in [-0.39, 0.29) is 18.0 Å². The van der Waals surface area contributed by atoms with E-state index in [1.54, 1.807) is 103 Å². The first-order chi connectivity index (χ1) is 17.5. The third-order valence-corrected chi connectivity index (χ3v) is 5.53. The molecule has 0 N–H and O–H groups in total. The van der Waals surface area contributed by atoms with Gasteiger partial charge in [-0.05, 0) is 41.5 Å². The number of hydrogen-bond donors (Lipinski definition) is 0. The third-order valence-electron chi connectivity index (χ3n) is 5.53. The van der Waals surface area contributed by atoms with Gasteiger partial charge in [0.1, 0.15) is 5.75 Å². The molecule has 0 radical (unpaired) electrons. The van der Waals surface area contributed by atoms with Crippen LogP contribution in [0.2, 0.25) is 0 Å². The molecule has 4 aromatic carbocycles. The van der Waals surface area contributed by atoms with Crippen LogP contribution >= 0.6 is 0 Å². The predicted molar refractivity (Wildman–Crippen MR) is 141 cm³/mol. The molecule has 0 bridgehead atoms. The van der Waals surface area contributed by atoms with Gasteiger partial charge in [-0.25, -0.2) is 4.79 Å². The van der Waals surface area contributed by atoms with Crippen molar-refractivity contribution >= 4 is 23.6 Å². The largest absolute Gasteiger partial charge is 0.423 e. The number of carbonyl (C=O) groups is 3. The molecule has 0 spiro atoms. The fourth-order valence-electron chi connectivity index (χ4n) is 3.65. The average molecular weight is 473 g/mol.